The van der Waals surface area contributed by atoms with Gasteiger partial charge in [-0.15, -0.1) is 0 Å². The van der Waals surface area contributed by atoms with E-state index >= 15 is 0 Å². The van der Waals surface area contributed by atoms with Gasteiger partial charge in [0.1, 0.15) is 0 Å². The molecule has 0 fully saturated rings. The Morgan fingerprint density at radius 2 is 1.60 bits per heavy atom. The lowest BCUT2D eigenvalue weighted by molar-refractivity contribution is 0.630. The Morgan fingerprint density at radius 1 is 0.800 bits per heavy atom. The molecule has 0 bridgehead atoms. The minimum absolute atomic E-state index is 0.876. The van der Waals surface area contributed by atoms with E-state index in [-0.39, 0.29) is 0 Å². The minimum atomic E-state index is 0.876. The van der Waals surface area contributed by atoms with E-state index in [9.17, 15) is 0 Å². The highest BCUT2D eigenvalue weighted by molar-refractivity contribution is 5.79. The van der Waals surface area contributed by atoms with Crippen LogP contribution in [-0.2, 0) is 6.67 Å². The number of fused-ring (bicyclic) bond motifs is 1. The summed E-state index contributed by atoms with van der Waals surface area (Å²) in [7, 11) is 0. The fraction of sp³-hybridized carbons (Fsp3) is 0.0769. The average molecular weight is 196 g/mol. The van der Waals surface area contributed by atoms with Crippen molar-refractivity contribution >= 4 is 10.9 Å². The highest BCUT2D eigenvalue weighted by Crippen LogP contribution is 2.14. The first kappa shape index (κ1) is 8.36. The van der Waals surface area contributed by atoms with Crippen LogP contribution in [0.2, 0.25) is 0 Å². The van der Waals surface area contributed by atoms with Crippen molar-refractivity contribution in [3.05, 3.63) is 61.1 Å². The molecule has 0 saturated carbocycles. The first-order chi connectivity index (χ1) is 7.43. The molecule has 3 aromatic rings. The van der Waals surface area contributed by atoms with E-state index in [1.807, 2.05) is 12.1 Å². The lowest BCUT2D eigenvalue weighted by Crippen LogP contribution is -2.03. The maximum absolute atomic E-state index is 2.25. The van der Waals surface area contributed by atoms with Gasteiger partial charge in [-0.1, -0.05) is 18.2 Å². The Kier molecular flexibility index (Phi) is 1.85. The highest BCUT2D eigenvalue weighted by Gasteiger charge is 1.98. The quantitative estimate of drug-likeness (QED) is 0.596. The smallest absolute Gasteiger partial charge is 0.0982 e. The molecule has 0 atom stereocenters. The summed E-state index contributed by atoms with van der Waals surface area (Å²) >= 11 is 0. The molecule has 2 heterocycles. The predicted octanol–water partition coefficient (Wildman–Crippen LogP) is 2.95. The van der Waals surface area contributed by atoms with E-state index in [0.29, 0.717) is 0 Å². The lowest BCUT2D eigenvalue weighted by Gasteiger charge is -2.06. The second kappa shape index (κ2) is 3.31. The van der Waals surface area contributed by atoms with Crippen LogP contribution in [-0.4, -0.2) is 9.13 Å². The maximum atomic E-state index is 2.25. The molecule has 3 rings (SSSR count). The molecule has 2 heteroatoms. The molecule has 0 radical (unpaired) electrons. The van der Waals surface area contributed by atoms with Gasteiger partial charge in [0.25, 0.3) is 0 Å². The summed E-state index contributed by atoms with van der Waals surface area (Å²) in [5.41, 5.74) is 1.28. The molecule has 0 N–H and O–H groups in total. The van der Waals surface area contributed by atoms with Crippen molar-refractivity contribution in [1.29, 1.82) is 0 Å². The van der Waals surface area contributed by atoms with Crippen molar-refractivity contribution < 1.29 is 0 Å². The van der Waals surface area contributed by atoms with Gasteiger partial charge < -0.3 is 9.13 Å². The Bertz CT molecular complexity index is 561. The molecule has 15 heavy (non-hydrogen) atoms. The third-order valence-corrected chi connectivity index (χ3v) is 2.66. The van der Waals surface area contributed by atoms with Crippen molar-refractivity contribution in [2.45, 2.75) is 6.67 Å². The second-order valence-corrected chi connectivity index (χ2v) is 3.68. The number of rotatable bonds is 2. The summed E-state index contributed by atoms with van der Waals surface area (Å²) in [6.45, 7) is 0.876. The first-order valence-electron chi connectivity index (χ1n) is 5.08. The van der Waals surface area contributed by atoms with Crippen LogP contribution in [0.25, 0.3) is 10.9 Å². The van der Waals surface area contributed by atoms with Crippen LogP contribution in [0, 0.1) is 0 Å². The fourth-order valence-electron chi connectivity index (χ4n) is 1.90. The van der Waals surface area contributed by atoms with E-state index in [4.69, 9.17) is 0 Å². The number of aromatic nitrogens is 2. The maximum Gasteiger partial charge on any atom is 0.0982 e. The zero-order valence-corrected chi connectivity index (χ0v) is 8.38. The van der Waals surface area contributed by atoms with Gasteiger partial charge in [-0.05, 0) is 29.7 Å². The summed E-state index contributed by atoms with van der Waals surface area (Å²) in [6.07, 6.45) is 6.29. The van der Waals surface area contributed by atoms with E-state index in [1.54, 1.807) is 0 Å². The van der Waals surface area contributed by atoms with Gasteiger partial charge >= 0.3 is 0 Å². The average Bonchev–Trinajstić information content (AvgIpc) is 2.89. The Hall–Kier alpha value is -1.96. The minimum Gasteiger partial charge on any atom is -0.336 e. The predicted molar refractivity (Wildman–Crippen MR) is 61.8 cm³/mol. The molecule has 2 nitrogen and oxygen atoms in total. The van der Waals surface area contributed by atoms with E-state index < -0.39 is 0 Å². The SMILES string of the molecule is c1ccc2c(c1)ccn2Cn1cccc1. The van der Waals surface area contributed by atoms with Crippen molar-refractivity contribution in [2.24, 2.45) is 0 Å². The summed E-state index contributed by atoms with van der Waals surface area (Å²) in [5, 5.41) is 1.30. The van der Waals surface area contributed by atoms with Crippen LogP contribution in [0.15, 0.2) is 61.1 Å². The van der Waals surface area contributed by atoms with Crippen LogP contribution < -0.4 is 0 Å². The summed E-state index contributed by atoms with van der Waals surface area (Å²) in [5.74, 6) is 0. The van der Waals surface area contributed by atoms with Gasteiger partial charge in [0.2, 0.25) is 0 Å². The van der Waals surface area contributed by atoms with Gasteiger partial charge in [0, 0.05) is 24.1 Å². The van der Waals surface area contributed by atoms with Gasteiger partial charge in [0.15, 0.2) is 0 Å². The number of hydrogen-bond acceptors (Lipinski definition) is 0. The molecule has 0 saturated heterocycles. The lowest BCUT2D eigenvalue weighted by atomic mass is 10.2. The zero-order valence-electron chi connectivity index (χ0n) is 8.38. The molecule has 0 aliphatic rings. The van der Waals surface area contributed by atoms with E-state index in [2.05, 4.69) is 58.1 Å². The molecule has 0 amide bonds. The molecule has 2 aromatic heterocycles. The van der Waals surface area contributed by atoms with Crippen molar-refractivity contribution in [1.82, 2.24) is 9.13 Å². The number of benzene rings is 1. The Morgan fingerprint density at radius 3 is 2.47 bits per heavy atom. The van der Waals surface area contributed by atoms with Gasteiger partial charge in [-0.3, -0.25) is 0 Å². The number of para-hydroxylation sites is 1. The third kappa shape index (κ3) is 1.44. The third-order valence-electron chi connectivity index (χ3n) is 2.66. The Balaban J connectivity index is 2.05. The second-order valence-electron chi connectivity index (χ2n) is 3.68. The highest BCUT2D eigenvalue weighted by atomic mass is 15.1. The normalized spacial score (nSPS) is 10.9. The van der Waals surface area contributed by atoms with Crippen LogP contribution >= 0.6 is 0 Å². The van der Waals surface area contributed by atoms with Crippen molar-refractivity contribution in [3.8, 4) is 0 Å². The topological polar surface area (TPSA) is 9.86 Å². The summed E-state index contributed by atoms with van der Waals surface area (Å²) in [4.78, 5) is 0. The molecular formula is C13H12N2. The largest absolute Gasteiger partial charge is 0.336 e. The number of hydrogen-bond donors (Lipinski definition) is 0. The van der Waals surface area contributed by atoms with Crippen LogP contribution in [0.4, 0.5) is 0 Å². The van der Waals surface area contributed by atoms with Crippen molar-refractivity contribution in [3.63, 3.8) is 0 Å². The van der Waals surface area contributed by atoms with E-state index in [0.717, 1.165) is 6.67 Å². The fourth-order valence-corrected chi connectivity index (χ4v) is 1.90. The molecule has 0 aliphatic heterocycles. The molecule has 74 valence electrons. The van der Waals surface area contributed by atoms with Gasteiger partial charge in [-0.2, -0.15) is 0 Å². The summed E-state index contributed by atoms with van der Waals surface area (Å²) < 4.78 is 4.40. The van der Waals surface area contributed by atoms with Crippen molar-refractivity contribution in [2.75, 3.05) is 0 Å². The molecule has 1 aromatic carbocycles. The zero-order chi connectivity index (χ0) is 10.1. The molecule has 0 unspecified atom stereocenters. The van der Waals surface area contributed by atoms with Gasteiger partial charge in [-0.25, -0.2) is 0 Å². The monoisotopic (exact) mass is 196 g/mol. The summed E-state index contributed by atoms with van der Waals surface area (Å²) in [6, 6.07) is 14.7. The first-order valence-corrected chi connectivity index (χ1v) is 5.08. The molecular weight excluding hydrogens is 184 g/mol. The van der Waals surface area contributed by atoms with Crippen LogP contribution in [0.1, 0.15) is 0 Å². The van der Waals surface area contributed by atoms with E-state index in [1.165, 1.54) is 10.9 Å². The number of nitrogens with zero attached hydrogens (tertiary/aromatic N) is 2. The standard InChI is InChI=1S/C13H12N2/c1-2-6-13-12(5-1)7-10-15(13)11-14-8-3-4-9-14/h1-10H,11H2. The molecule has 0 spiro atoms. The van der Waals surface area contributed by atoms with Crippen LogP contribution in [0.3, 0.4) is 0 Å². The van der Waals surface area contributed by atoms with Crippen LogP contribution in [0.5, 0.6) is 0 Å². The molecule has 0 aliphatic carbocycles. The Labute approximate surface area is 88.4 Å². The van der Waals surface area contributed by atoms with Gasteiger partial charge in [0.05, 0.1) is 6.67 Å².